The van der Waals surface area contributed by atoms with E-state index < -0.39 is 0 Å². The molecule has 0 unspecified atom stereocenters. The van der Waals surface area contributed by atoms with Gasteiger partial charge in [-0.1, -0.05) is 68.7 Å². The lowest BCUT2D eigenvalue weighted by Gasteiger charge is -2.27. The van der Waals surface area contributed by atoms with E-state index in [0.717, 1.165) is 18.4 Å². The van der Waals surface area contributed by atoms with Crippen LogP contribution in [-0.4, -0.2) is 48.4 Å². The van der Waals surface area contributed by atoms with Gasteiger partial charge in [0.15, 0.2) is 0 Å². The second-order valence-corrected chi connectivity index (χ2v) is 9.04. The molecule has 1 aromatic heterocycles. The molecule has 0 saturated heterocycles. The Morgan fingerprint density at radius 2 is 1.61 bits per heavy atom. The number of carbonyl (C=O) groups is 2. The molecule has 0 aliphatic rings. The third-order valence-corrected chi connectivity index (χ3v) is 6.19. The van der Waals surface area contributed by atoms with Crippen molar-refractivity contribution in [1.29, 1.82) is 0 Å². The second-order valence-electron chi connectivity index (χ2n) is 9.04. The van der Waals surface area contributed by atoms with E-state index in [1.165, 1.54) is 24.8 Å². The molecule has 36 heavy (non-hydrogen) atoms. The third kappa shape index (κ3) is 8.68. The lowest BCUT2D eigenvalue weighted by molar-refractivity contribution is -0.133. The maximum Gasteiger partial charge on any atom is 0.254 e. The van der Waals surface area contributed by atoms with Gasteiger partial charge in [0, 0.05) is 25.8 Å². The lowest BCUT2D eigenvalue weighted by atomic mass is 10.0. The average Bonchev–Trinajstić information content (AvgIpc) is 3.42. The summed E-state index contributed by atoms with van der Waals surface area (Å²) < 4.78 is 10.7. The Balaban J connectivity index is 1.70. The van der Waals surface area contributed by atoms with Gasteiger partial charge in [-0.3, -0.25) is 9.59 Å². The van der Waals surface area contributed by atoms with Crippen molar-refractivity contribution in [2.75, 3.05) is 26.8 Å². The van der Waals surface area contributed by atoms with Crippen molar-refractivity contribution >= 4 is 11.8 Å². The van der Waals surface area contributed by atoms with E-state index in [1.54, 1.807) is 23.2 Å². The maximum atomic E-state index is 13.5. The van der Waals surface area contributed by atoms with E-state index >= 15 is 0 Å². The van der Waals surface area contributed by atoms with Crippen molar-refractivity contribution in [3.8, 4) is 0 Å². The van der Waals surface area contributed by atoms with Crippen molar-refractivity contribution < 1.29 is 18.7 Å². The predicted octanol–water partition coefficient (Wildman–Crippen LogP) is 5.72. The van der Waals surface area contributed by atoms with Crippen molar-refractivity contribution in [2.45, 2.75) is 52.1 Å². The second kappa shape index (κ2) is 14.9. The molecule has 0 atom stereocenters. The van der Waals surface area contributed by atoms with Crippen molar-refractivity contribution in [3.63, 3.8) is 0 Å². The summed E-state index contributed by atoms with van der Waals surface area (Å²) in [6, 6.07) is 21.3. The summed E-state index contributed by atoms with van der Waals surface area (Å²) >= 11 is 0. The molecule has 0 aliphatic heterocycles. The fraction of sp³-hybridized carbons (Fsp3) is 0.400. The van der Waals surface area contributed by atoms with Crippen LogP contribution in [0.15, 0.2) is 77.4 Å². The van der Waals surface area contributed by atoms with Crippen LogP contribution in [0.4, 0.5) is 0 Å². The fourth-order valence-corrected chi connectivity index (χ4v) is 4.10. The maximum absolute atomic E-state index is 13.5. The summed E-state index contributed by atoms with van der Waals surface area (Å²) in [5.41, 5.74) is 2.83. The number of rotatable bonds is 15. The van der Waals surface area contributed by atoms with Gasteiger partial charge in [0.25, 0.3) is 5.91 Å². The minimum absolute atomic E-state index is 0.0332. The Kier molecular flexibility index (Phi) is 11.3. The fourth-order valence-electron chi connectivity index (χ4n) is 4.10. The SMILES string of the molecule is CCCCCCc1ccc(C(=O)N(CCOC)CC(=O)N(Cc2ccccc2)Cc2ccco2)cc1. The van der Waals surface area contributed by atoms with Crippen LogP contribution >= 0.6 is 0 Å². The molecule has 6 nitrogen and oxygen atoms in total. The van der Waals surface area contributed by atoms with Gasteiger partial charge in [-0.25, -0.2) is 0 Å². The molecule has 0 radical (unpaired) electrons. The number of carbonyl (C=O) groups excluding carboxylic acids is 2. The van der Waals surface area contributed by atoms with Crippen molar-refractivity contribution in [1.82, 2.24) is 9.80 Å². The van der Waals surface area contributed by atoms with E-state index in [1.807, 2.05) is 66.7 Å². The zero-order valence-corrected chi connectivity index (χ0v) is 21.5. The zero-order valence-electron chi connectivity index (χ0n) is 21.5. The van der Waals surface area contributed by atoms with Crippen LogP contribution in [0.3, 0.4) is 0 Å². The van der Waals surface area contributed by atoms with Crippen LogP contribution < -0.4 is 0 Å². The number of ether oxygens (including phenoxy) is 1. The predicted molar refractivity (Wildman–Crippen MR) is 141 cm³/mol. The normalized spacial score (nSPS) is 10.8. The molecule has 0 saturated carbocycles. The minimum Gasteiger partial charge on any atom is -0.467 e. The van der Waals surface area contributed by atoms with Gasteiger partial charge in [0.1, 0.15) is 12.3 Å². The van der Waals surface area contributed by atoms with E-state index in [0.29, 0.717) is 37.6 Å². The lowest BCUT2D eigenvalue weighted by Crippen LogP contribution is -2.43. The molecular formula is C30H38N2O4. The number of benzene rings is 2. The van der Waals surface area contributed by atoms with Crippen LogP contribution in [0, 0.1) is 0 Å². The first-order chi connectivity index (χ1) is 17.6. The van der Waals surface area contributed by atoms with Gasteiger partial charge >= 0.3 is 0 Å². The monoisotopic (exact) mass is 490 g/mol. The molecule has 0 N–H and O–H groups in total. The van der Waals surface area contributed by atoms with Gasteiger partial charge in [-0.2, -0.15) is 0 Å². The number of hydrogen-bond donors (Lipinski definition) is 0. The van der Waals surface area contributed by atoms with Gasteiger partial charge < -0.3 is 19.0 Å². The Morgan fingerprint density at radius 3 is 2.28 bits per heavy atom. The molecule has 2 amide bonds. The molecule has 3 aromatic rings. The highest BCUT2D eigenvalue weighted by atomic mass is 16.5. The first-order valence-corrected chi connectivity index (χ1v) is 12.8. The summed E-state index contributed by atoms with van der Waals surface area (Å²) in [6.45, 7) is 3.62. The number of amides is 2. The summed E-state index contributed by atoms with van der Waals surface area (Å²) in [6.07, 6.45) is 7.46. The highest BCUT2D eigenvalue weighted by Gasteiger charge is 2.23. The van der Waals surface area contributed by atoms with Gasteiger partial charge in [-0.05, 0) is 48.2 Å². The van der Waals surface area contributed by atoms with Crippen molar-refractivity contribution in [2.24, 2.45) is 0 Å². The standard InChI is InChI=1S/C30H38N2O4/c1-3-4-5-7-11-25-15-17-27(18-16-25)30(34)31(19-21-35-2)24-29(33)32(23-28-14-10-20-36-28)22-26-12-8-6-9-13-26/h6,8-10,12-18,20H,3-5,7,11,19,21-24H2,1-2H3. The summed E-state index contributed by atoms with van der Waals surface area (Å²) in [7, 11) is 1.59. The number of unbranched alkanes of at least 4 members (excludes halogenated alkanes) is 3. The van der Waals surface area contributed by atoms with E-state index in [-0.39, 0.29) is 18.4 Å². The Labute approximate surface area is 214 Å². The molecule has 1 heterocycles. The highest BCUT2D eigenvalue weighted by molar-refractivity contribution is 5.96. The smallest absolute Gasteiger partial charge is 0.254 e. The summed E-state index contributed by atoms with van der Waals surface area (Å²) in [5, 5.41) is 0. The number of methoxy groups -OCH3 is 1. The Bertz CT molecular complexity index is 1030. The van der Waals surface area contributed by atoms with Crippen LogP contribution in [0.2, 0.25) is 0 Å². The summed E-state index contributed by atoms with van der Waals surface area (Å²) in [4.78, 5) is 30.1. The third-order valence-electron chi connectivity index (χ3n) is 6.19. The van der Waals surface area contributed by atoms with E-state index in [9.17, 15) is 9.59 Å². The quantitative estimate of drug-likeness (QED) is 0.256. The summed E-state index contributed by atoms with van der Waals surface area (Å²) in [5.74, 6) is 0.381. The number of aryl methyl sites for hydroxylation is 1. The molecule has 0 fully saturated rings. The topological polar surface area (TPSA) is 63.0 Å². The van der Waals surface area contributed by atoms with Crippen LogP contribution in [-0.2, 0) is 29.0 Å². The molecule has 0 spiro atoms. The minimum atomic E-state index is -0.171. The Morgan fingerprint density at radius 1 is 0.833 bits per heavy atom. The molecule has 0 aliphatic carbocycles. The van der Waals surface area contributed by atoms with Crippen molar-refractivity contribution in [3.05, 3.63) is 95.4 Å². The molecular weight excluding hydrogens is 452 g/mol. The van der Waals surface area contributed by atoms with Gasteiger partial charge in [0.2, 0.25) is 5.91 Å². The van der Waals surface area contributed by atoms with E-state index in [2.05, 4.69) is 6.92 Å². The first kappa shape index (κ1) is 27.2. The average molecular weight is 491 g/mol. The van der Waals surface area contributed by atoms with Crippen LogP contribution in [0.5, 0.6) is 0 Å². The number of nitrogens with zero attached hydrogens (tertiary/aromatic N) is 2. The molecule has 0 bridgehead atoms. The van der Waals surface area contributed by atoms with E-state index in [4.69, 9.17) is 9.15 Å². The Hall–Kier alpha value is -3.38. The molecule has 3 rings (SSSR count). The van der Waals surface area contributed by atoms with Gasteiger partial charge in [0.05, 0.1) is 19.4 Å². The van der Waals surface area contributed by atoms with Crippen LogP contribution in [0.1, 0.15) is 59.9 Å². The van der Waals surface area contributed by atoms with Gasteiger partial charge in [-0.15, -0.1) is 0 Å². The number of furan rings is 1. The largest absolute Gasteiger partial charge is 0.467 e. The first-order valence-electron chi connectivity index (χ1n) is 12.8. The molecule has 2 aromatic carbocycles. The molecule has 6 heteroatoms. The van der Waals surface area contributed by atoms with Crippen LogP contribution in [0.25, 0.3) is 0 Å². The molecule has 192 valence electrons. The number of hydrogen-bond acceptors (Lipinski definition) is 4. The highest BCUT2D eigenvalue weighted by Crippen LogP contribution is 2.14. The zero-order chi connectivity index (χ0) is 25.6.